The third-order valence-electron chi connectivity index (χ3n) is 5.67. The molecule has 1 saturated heterocycles. The summed E-state index contributed by atoms with van der Waals surface area (Å²) in [7, 11) is 0. The van der Waals surface area contributed by atoms with Gasteiger partial charge in [-0.2, -0.15) is 0 Å². The van der Waals surface area contributed by atoms with Gasteiger partial charge in [-0.05, 0) is 24.3 Å². The number of para-hydroxylation sites is 1. The van der Waals surface area contributed by atoms with Crippen LogP contribution in [0.5, 0.6) is 0 Å². The van der Waals surface area contributed by atoms with Gasteiger partial charge >= 0.3 is 0 Å². The number of carbonyl (C=O) groups is 1. The molecule has 2 aromatic heterocycles. The van der Waals surface area contributed by atoms with E-state index in [9.17, 15) is 4.79 Å². The standard InChI is InChI=1S/C24H24N6O2/c25-23-19-8-4-5-9-20(19)27-21(28-23)15-29-10-12-30(13-11-29)22(31)14-18-16-32-24(26-18)17-6-2-1-3-7-17/h1-9,16H,10-15H2,(H2,25,27,28). The monoisotopic (exact) mass is 428 g/mol. The van der Waals surface area contributed by atoms with E-state index in [-0.39, 0.29) is 12.3 Å². The molecule has 4 aromatic rings. The first-order valence-electron chi connectivity index (χ1n) is 10.7. The van der Waals surface area contributed by atoms with Gasteiger partial charge in [-0.1, -0.05) is 30.3 Å². The SMILES string of the molecule is Nc1nc(CN2CCN(C(=O)Cc3coc(-c4ccccc4)n3)CC2)nc2ccccc12. The molecule has 162 valence electrons. The van der Waals surface area contributed by atoms with Gasteiger partial charge < -0.3 is 15.1 Å². The third-order valence-corrected chi connectivity index (χ3v) is 5.67. The van der Waals surface area contributed by atoms with Crippen molar-refractivity contribution < 1.29 is 9.21 Å². The maximum absolute atomic E-state index is 12.8. The highest BCUT2D eigenvalue weighted by Gasteiger charge is 2.23. The predicted octanol–water partition coefficient (Wildman–Crippen LogP) is 2.75. The highest BCUT2D eigenvalue weighted by molar-refractivity contribution is 5.87. The number of fused-ring (bicyclic) bond motifs is 1. The topological polar surface area (TPSA) is 101 Å². The number of amides is 1. The van der Waals surface area contributed by atoms with Crippen molar-refractivity contribution in [1.82, 2.24) is 24.8 Å². The zero-order valence-electron chi connectivity index (χ0n) is 17.6. The lowest BCUT2D eigenvalue weighted by molar-refractivity contribution is -0.132. The molecular weight excluding hydrogens is 404 g/mol. The molecule has 5 rings (SSSR count). The highest BCUT2D eigenvalue weighted by atomic mass is 16.3. The molecule has 1 aliphatic rings. The van der Waals surface area contributed by atoms with Crippen LogP contribution in [0.3, 0.4) is 0 Å². The lowest BCUT2D eigenvalue weighted by Gasteiger charge is -2.34. The van der Waals surface area contributed by atoms with Gasteiger partial charge in [0.15, 0.2) is 0 Å². The molecule has 0 radical (unpaired) electrons. The molecule has 2 N–H and O–H groups in total. The summed E-state index contributed by atoms with van der Waals surface area (Å²) in [5.74, 6) is 1.80. The average molecular weight is 428 g/mol. The van der Waals surface area contributed by atoms with E-state index in [1.54, 1.807) is 6.26 Å². The number of nitrogens with two attached hydrogens (primary N) is 1. The molecule has 8 nitrogen and oxygen atoms in total. The Bertz CT molecular complexity index is 1230. The van der Waals surface area contributed by atoms with Crippen LogP contribution in [0.15, 0.2) is 65.3 Å². The number of hydrogen-bond donors (Lipinski definition) is 1. The molecule has 1 fully saturated rings. The summed E-state index contributed by atoms with van der Waals surface area (Å²) >= 11 is 0. The number of rotatable bonds is 5. The lowest BCUT2D eigenvalue weighted by Crippen LogP contribution is -2.48. The Balaban J connectivity index is 1.16. The largest absolute Gasteiger partial charge is 0.444 e. The van der Waals surface area contributed by atoms with E-state index < -0.39 is 0 Å². The van der Waals surface area contributed by atoms with Crippen LogP contribution in [-0.2, 0) is 17.8 Å². The maximum atomic E-state index is 12.8. The quantitative estimate of drug-likeness (QED) is 0.521. The van der Waals surface area contributed by atoms with Crippen LogP contribution in [-0.4, -0.2) is 56.8 Å². The fraction of sp³-hybridized carbons (Fsp3) is 0.250. The number of oxazole rings is 1. The maximum Gasteiger partial charge on any atom is 0.228 e. The minimum absolute atomic E-state index is 0.0590. The fourth-order valence-electron chi connectivity index (χ4n) is 3.95. The summed E-state index contributed by atoms with van der Waals surface area (Å²) < 4.78 is 5.55. The Labute approximate surface area is 185 Å². The summed E-state index contributed by atoms with van der Waals surface area (Å²) in [5, 5.41) is 0.870. The fourth-order valence-corrected chi connectivity index (χ4v) is 3.95. The minimum Gasteiger partial charge on any atom is -0.444 e. The van der Waals surface area contributed by atoms with Crippen molar-refractivity contribution in [1.29, 1.82) is 0 Å². The van der Waals surface area contributed by atoms with Crippen molar-refractivity contribution in [2.75, 3.05) is 31.9 Å². The number of anilines is 1. The van der Waals surface area contributed by atoms with Gasteiger partial charge in [-0.3, -0.25) is 9.69 Å². The van der Waals surface area contributed by atoms with Gasteiger partial charge in [0.25, 0.3) is 0 Å². The molecule has 0 spiro atoms. The second-order valence-electron chi connectivity index (χ2n) is 7.89. The van der Waals surface area contributed by atoms with Gasteiger partial charge in [-0.15, -0.1) is 0 Å². The third kappa shape index (κ3) is 4.31. The van der Waals surface area contributed by atoms with Crippen LogP contribution in [0, 0.1) is 0 Å². The van der Waals surface area contributed by atoms with E-state index in [2.05, 4.69) is 19.9 Å². The van der Waals surface area contributed by atoms with E-state index >= 15 is 0 Å². The molecule has 2 aromatic carbocycles. The van der Waals surface area contributed by atoms with E-state index in [4.69, 9.17) is 10.2 Å². The first-order valence-corrected chi connectivity index (χ1v) is 10.7. The van der Waals surface area contributed by atoms with Crippen molar-refractivity contribution in [3.63, 3.8) is 0 Å². The molecule has 0 atom stereocenters. The van der Waals surface area contributed by atoms with Crippen LogP contribution in [0.2, 0.25) is 0 Å². The Kier molecular flexibility index (Phi) is 5.51. The number of benzene rings is 2. The number of aromatic nitrogens is 3. The van der Waals surface area contributed by atoms with Crippen LogP contribution in [0.1, 0.15) is 11.5 Å². The Hall–Kier alpha value is -3.78. The molecular formula is C24H24N6O2. The zero-order chi connectivity index (χ0) is 21.9. The Morgan fingerprint density at radius 2 is 1.69 bits per heavy atom. The molecule has 0 bridgehead atoms. The summed E-state index contributed by atoms with van der Waals surface area (Å²) in [6.07, 6.45) is 1.80. The molecule has 32 heavy (non-hydrogen) atoms. The van der Waals surface area contributed by atoms with Gasteiger partial charge in [-0.25, -0.2) is 15.0 Å². The van der Waals surface area contributed by atoms with Crippen LogP contribution >= 0.6 is 0 Å². The van der Waals surface area contributed by atoms with Crippen molar-refractivity contribution in [2.45, 2.75) is 13.0 Å². The number of nitrogens with zero attached hydrogens (tertiary/aromatic N) is 5. The van der Waals surface area contributed by atoms with E-state index in [0.29, 0.717) is 42.9 Å². The smallest absolute Gasteiger partial charge is 0.228 e. The second kappa shape index (κ2) is 8.76. The van der Waals surface area contributed by atoms with Gasteiger partial charge in [0.1, 0.15) is 17.9 Å². The van der Waals surface area contributed by atoms with Gasteiger partial charge in [0, 0.05) is 37.1 Å². The molecule has 8 heteroatoms. The molecule has 1 amide bonds. The van der Waals surface area contributed by atoms with Crippen LogP contribution in [0.25, 0.3) is 22.4 Å². The molecule has 1 aliphatic heterocycles. The first kappa shape index (κ1) is 20.1. The molecule has 3 heterocycles. The second-order valence-corrected chi connectivity index (χ2v) is 7.89. The summed E-state index contributed by atoms with van der Waals surface area (Å²) in [6, 6.07) is 17.4. The van der Waals surface area contributed by atoms with E-state index in [1.165, 1.54) is 0 Å². The lowest BCUT2D eigenvalue weighted by atomic mass is 10.2. The average Bonchev–Trinajstić information content (AvgIpc) is 3.29. The minimum atomic E-state index is 0.0590. The molecule has 0 aliphatic carbocycles. The van der Waals surface area contributed by atoms with E-state index in [1.807, 2.05) is 59.5 Å². The van der Waals surface area contributed by atoms with Crippen molar-refractivity contribution >= 4 is 22.6 Å². The zero-order valence-corrected chi connectivity index (χ0v) is 17.6. The number of hydrogen-bond acceptors (Lipinski definition) is 7. The van der Waals surface area contributed by atoms with Gasteiger partial charge in [0.2, 0.25) is 11.8 Å². The number of nitrogen functional groups attached to an aromatic ring is 1. The first-order chi connectivity index (χ1) is 15.7. The normalized spacial score (nSPS) is 14.7. The van der Waals surface area contributed by atoms with Crippen molar-refractivity contribution in [3.8, 4) is 11.5 Å². The summed E-state index contributed by atoms with van der Waals surface area (Å²) in [4.78, 5) is 30.4. The number of carbonyl (C=O) groups excluding carboxylic acids is 1. The molecule has 0 unspecified atom stereocenters. The van der Waals surface area contributed by atoms with Gasteiger partial charge in [0.05, 0.1) is 24.2 Å². The summed E-state index contributed by atoms with van der Waals surface area (Å²) in [5.41, 5.74) is 8.50. The number of piperazine rings is 1. The highest BCUT2D eigenvalue weighted by Crippen LogP contribution is 2.20. The van der Waals surface area contributed by atoms with Crippen LogP contribution < -0.4 is 5.73 Å². The Morgan fingerprint density at radius 3 is 2.50 bits per heavy atom. The van der Waals surface area contributed by atoms with Crippen molar-refractivity contribution in [2.24, 2.45) is 0 Å². The summed E-state index contributed by atoms with van der Waals surface area (Å²) in [6.45, 7) is 3.45. The van der Waals surface area contributed by atoms with Crippen LogP contribution in [0.4, 0.5) is 5.82 Å². The van der Waals surface area contributed by atoms with Crippen molar-refractivity contribution in [3.05, 3.63) is 72.4 Å². The predicted molar refractivity (Wildman–Crippen MR) is 121 cm³/mol. The van der Waals surface area contributed by atoms with E-state index in [0.717, 1.165) is 29.6 Å². The Morgan fingerprint density at radius 1 is 0.938 bits per heavy atom. The molecule has 0 saturated carbocycles.